The van der Waals surface area contributed by atoms with Gasteiger partial charge in [0.25, 0.3) is 0 Å². The molecule has 0 aliphatic heterocycles. The highest BCUT2D eigenvalue weighted by Crippen LogP contribution is 2.38. The van der Waals surface area contributed by atoms with Gasteiger partial charge in [-0.2, -0.15) is 0 Å². The van der Waals surface area contributed by atoms with Crippen LogP contribution >= 0.6 is 11.6 Å². The molecular weight excluding hydrogens is 486 g/mol. The van der Waals surface area contributed by atoms with Gasteiger partial charge in [0.1, 0.15) is 0 Å². The molecule has 196 valence electrons. The van der Waals surface area contributed by atoms with Crippen molar-refractivity contribution >= 4 is 32.0 Å². The van der Waals surface area contributed by atoms with Crippen LogP contribution in [-0.4, -0.2) is 46.0 Å². The van der Waals surface area contributed by atoms with E-state index in [1.165, 1.54) is 29.9 Å². The fourth-order valence-corrected chi connectivity index (χ4v) is 5.70. The van der Waals surface area contributed by atoms with Crippen molar-refractivity contribution in [2.45, 2.75) is 70.6 Å². The van der Waals surface area contributed by atoms with Crippen LogP contribution in [0.15, 0.2) is 48.5 Å². The molecule has 0 spiro atoms. The average Bonchev–Trinajstić information content (AvgIpc) is 3.25. The molecule has 0 amide bonds. The van der Waals surface area contributed by atoms with Gasteiger partial charge in [-0.05, 0) is 84.3 Å². The van der Waals surface area contributed by atoms with Crippen molar-refractivity contribution in [2.75, 3.05) is 26.8 Å². The Bertz CT molecular complexity index is 1040. The summed E-state index contributed by atoms with van der Waals surface area (Å²) in [6.45, 7) is 14.3. The first-order valence-corrected chi connectivity index (χ1v) is 16.3. The van der Waals surface area contributed by atoms with Gasteiger partial charge in [0, 0.05) is 36.8 Å². The first-order valence-electron chi connectivity index (χ1n) is 13.0. The number of nitrogens with zero attached hydrogens (tertiary/aromatic N) is 1. The molecule has 3 rings (SSSR count). The Morgan fingerprint density at radius 2 is 1.86 bits per heavy atom. The number of ether oxygens (including phenoxy) is 1. The first-order chi connectivity index (χ1) is 17.0. The number of aryl methyl sites for hydroxylation is 1. The van der Waals surface area contributed by atoms with Crippen molar-refractivity contribution in [3.63, 3.8) is 0 Å². The number of methoxy groups -OCH3 is 1. The Kier molecular flexibility index (Phi) is 9.99. The summed E-state index contributed by atoms with van der Waals surface area (Å²) >= 11 is 6.10. The molecular formula is C30H42ClNO3Si. The topological polar surface area (TPSA) is 38.8 Å². The predicted octanol–water partition coefficient (Wildman–Crippen LogP) is 7.47. The van der Waals surface area contributed by atoms with Gasteiger partial charge in [-0.1, -0.05) is 62.7 Å². The summed E-state index contributed by atoms with van der Waals surface area (Å²) in [4.78, 5) is 14.1. The fraction of sp³-hybridized carbons (Fsp3) is 0.500. The van der Waals surface area contributed by atoms with Crippen molar-refractivity contribution in [3.8, 4) is 0 Å². The van der Waals surface area contributed by atoms with Crippen molar-refractivity contribution in [2.24, 2.45) is 0 Å². The van der Waals surface area contributed by atoms with E-state index in [0.29, 0.717) is 6.04 Å². The minimum atomic E-state index is -1.74. The lowest BCUT2D eigenvalue weighted by Crippen LogP contribution is -2.41. The van der Waals surface area contributed by atoms with Crippen molar-refractivity contribution in [1.29, 1.82) is 0 Å². The molecule has 0 saturated heterocycles. The van der Waals surface area contributed by atoms with E-state index in [2.05, 4.69) is 69.1 Å². The second kappa shape index (κ2) is 12.5. The summed E-state index contributed by atoms with van der Waals surface area (Å²) in [5.74, 6) is -0.332. The number of fused-ring (bicyclic) bond motifs is 1. The quantitative estimate of drug-likeness (QED) is 0.131. The van der Waals surface area contributed by atoms with Crippen LogP contribution in [0.2, 0.25) is 23.2 Å². The predicted molar refractivity (Wildman–Crippen MR) is 153 cm³/mol. The summed E-state index contributed by atoms with van der Waals surface area (Å²) in [7, 11) is -0.339. The lowest BCUT2D eigenvalue weighted by Gasteiger charge is -2.36. The van der Waals surface area contributed by atoms with Crippen LogP contribution in [0.4, 0.5) is 0 Å². The minimum absolute atomic E-state index is 0.228. The standard InChI is InChI=1S/C30H42ClNO3Si/c1-30(2,3)36(5,6)35-21-7-19-32(20-18-23-8-13-26(31)14-9-23)28-16-12-25-22-24(10-15-27(25)28)11-17-29(33)34-4/h8-11,13-15,17,22,28H,7,12,16,18-21H2,1-6H3. The van der Waals surface area contributed by atoms with Crippen LogP contribution in [-0.2, 0) is 26.8 Å². The zero-order valence-electron chi connectivity index (χ0n) is 22.8. The first kappa shape index (κ1) is 28.6. The summed E-state index contributed by atoms with van der Waals surface area (Å²) in [6, 6.07) is 15.2. The Labute approximate surface area is 223 Å². The van der Waals surface area contributed by atoms with Gasteiger partial charge in [-0.3, -0.25) is 4.90 Å². The minimum Gasteiger partial charge on any atom is -0.466 e. The van der Waals surface area contributed by atoms with E-state index >= 15 is 0 Å². The van der Waals surface area contributed by atoms with Crippen LogP contribution in [0.3, 0.4) is 0 Å². The molecule has 0 heterocycles. The van der Waals surface area contributed by atoms with Crippen molar-refractivity contribution < 1.29 is 14.0 Å². The molecule has 36 heavy (non-hydrogen) atoms. The normalized spacial score (nSPS) is 16.1. The van der Waals surface area contributed by atoms with Gasteiger partial charge in [-0.25, -0.2) is 4.79 Å². The Balaban J connectivity index is 1.71. The summed E-state index contributed by atoms with van der Waals surface area (Å²) < 4.78 is 11.2. The van der Waals surface area contributed by atoms with Crippen LogP contribution in [0.25, 0.3) is 6.08 Å². The Hall–Kier alpha value is -1.92. The van der Waals surface area contributed by atoms with Gasteiger partial charge in [0.15, 0.2) is 8.32 Å². The second-order valence-corrected chi connectivity index (χ2v) is 16.5. The molecule has 2 aromatic carbocycles. The van der Waals surface area contributed by atoms with Crippen LogP contribution in [0.1, 0.15) is 61.9 Å². The Morgan fingerprint density at radius 1 is 1.14 bits per heavy atom. The molecule has 0 N–H and O–H groups in total. The van der Waals surface area contributed by atoms with Crippen LogP contribution in [0, 0.1) is 0 Å². The lowest BCUT2D eigenvalue weighted by molar-refractivity contribution is -0.134. The number of esters is 1. The highest BCUT2D eigenvalue weighted by molar-refractivity contribution is 6.74. The smallest absolute Gasteiger partial charge is 0.330 e. The number of hydrogen-bond donors (Lipinski definition) is 0. The van der Waals surface area contributed by atoms with E-state index in [0.717, 1.165) is 56.0 Å². The van der Waals surface area contributed by atoms with Gasteiger partial charge in [0.2, 0.25) is 0 Å². The molecule has 4 nitrogen and oxygen atoms in total. The average molecular weight is 528 g/mol. The largest absolute Gasteiger partial charge is 0.466 e. The maximum atomic E-state index is 11.5. The Morgan fingerprint density at radius 3 is 2.53 bits per heavy atom. The maximum Gasteiger partial charge on any atom is 0.330 e. The fourth-order valence-electron chi connectivity index (χ4n) is 4.49. The number of halogens is 1. The van der Waals surface area contributed by atoms with E-state index in [1.807, 2.05) is 18.2 Å². The van der Waals surface area contributed by atoms with Crippen LogP contribution < -0.4 is 0 Å². The number of carbonyl (C=O) groups excluding carboxylic acids is 1. The molecule has 6 heteroatoms. The molecule has 1 aliphatic carbocycles. The molecule has 1 unspecified atom stereocenters. The monoisotopic (exact) mass is 527 g/mol. The van der Waals surface area contributed by atoms with Crippen molar-refractivity contribution in [1.82, 2.24) is 4.90 Å². The third-order valence-corrected chi connectivity index (χ3v) is 12.5. The highest BCUT2D eigenvalue weighted by Gasteiger charge is 2.37. The van der Waals surface area contributed by atoms with Crippen molar-refractivity contribution in [3.05, 3.63) is 75.8 Å². The molecule has 1 aliphatic rings. The summed E-state index contributed by atoms with van der Waals surface area (Å²) in [6.07, 6.45) is 7.50. The third kappa shape index (κ3) is 7.79. The molecule has 0 saturated carbocycles. The second-order valence-electron chi connectivity index (χ2n) is 11.2. The lowest BCUT2D eigenvalue weighted by atomic mass is 10.0. The molecule has 0 aromatic heterocycles. The number of benzene rings is 2. The molecule has 0 fully saturated rings. The van der Waals surface area contributed by atoms with Gasteiger partial charge >= 0.3 is 5.97 Å². The van der Waals surface area contributed by atoms with E-state index in [-0.39, 0.29) is 11.0 Å². The van der Waals surface area contributed by atoms with E-state index in [1.54, 1.807) is 0 Å². The van der Waals surface area contributed by atoms with Gasteiger partial charge < -0.3 is 9.16 Å². The third-order valence-electron chi connectivity index (χ3n) is 7.73. The zero-order valence-corrected chi connectivity index (χ0v) is 24.5. The summed E-state index contributed by atoms with van der Waals surface area (Å²) in [5, 5.41) is 1.01. The molecule has 1 atom stereocenters. The summed E-state index contributed by atoms with van der Waals surface area (Å²) in [5.41, 5.74) is 5.13. The molecule has 0 bridgehead atoms. The molecule has 0 radical (unpaired) electrons. The SMILES string of the molecule is COC(=O)C=Cc1ccc2c(c1)CCC2N(CCCO[Si](C)(C)C(C)(C)C)CCc1ccc(Cl)cc1. The number of rotatable bonds is 11. The number of hydrogen-bond acceptors (Lipinski definition) is 4. The van der Waals surface area contributed by atoms with E-state index in [9.17, 15) is 4.79 Å². The number of carbonyl (C=O) groups is 1. The van der Waals surface area contributed by atoms with Gasteiger partial charge in [-0.15, -0.1) is 0 Å². The zero-order chi connectivity index (χ0) is 26.3. The highest BCUT2D eigenvalue weighted by atomic mass is 35.5. The van der Waals surface area contributed by atoms with Crippen LogP contribution in [0.5, 0.6) is 0 Å². The van der Waals surface area contributed by atoms with Gasteiger partial charge in [0.05, 0.1) is 7.11 Å². The molecule has 2 aromatic rings. The van der Waals surface area contributed by atoms with E-state index < -0.39 is 8.32 Å². The maximum absolute atomic E-state index is 11.5. The van der Waals surface area contributed by atoms with E-state index in [4.69, 9.17) is 20.8 Å².